The lowest BCUT2D eigenvalue weighted by atomic mass is 10.1. The van der Waals surface area contributed by atoms with E-state index in [1.807, 2.05) is 32.0 Å². The number of aromatic nitrogens is 1. The molecule has 1 heterocycles. The van der Waals surface area contributed by atoms with Gasteiger partial charge in [-0.25, -0.2) is 4.98 Å². The predicted molar refractivity (Wildman–Crippen MR) is 106 cm³/mol. The molecule has 2 aromatic carbocycles. The number of rotatable bonds is 5. The summed E-state index contributed by atoms with van der Waals surface area (Å²) in [5.74, 6) is 0.411. The first-order chi connectivity index (χ1) is 13.4. The molecule has 0 fully saturated rings. The average Bonchev–Trinajstić information content (AvgIpc) is 2.66. The van der Waals surface area contributed by atoms with Gasteiger partial charge in [-0.05, 0) is 56.2 Å². The molecule has 28 heavy (non-hydrogen) atoms. The predicted octanol–water partition coefficient (Wildman–Crippen LogP) is 4.96. The first-order valence-corrected chi connectivity index (χ1v) is 8.63. The number of carbonyl (C=O) groups excluding carboxylic acids is 1. The number of amides is 1. The molecule has 7 heteroatoms. The van der Waals surface area contributed by atoms with Crippen LogP contribution in [0.4, 0.5) is 11.4 Å². The molecule has 0 bridgehead atoms. The first-order valence-electron chi connectivity index (χ1n) is 8.63. The minimum atomic E-state index is -0.509. The van der Waals surface area contributed by atoms with Gasteiger partial charge in [-0.15, -0.1) is 0 Å². The highest BCUT2D eigenvalue weighted by molar-refractivity contribution is 6.06. The van der Waals surface area contributed by atoms with Crippen molar-refractivity contribution in [1.29, 1.82) is 0 Å². The summed E-state index contributed by atoms with van der Waals surface area (Å²) in [7, 11) is 0. The summed E-state index contributed by atoms with van der Waals surface area (Å²) < 4.78 is 5.92. The van der Waals surface area contributed by atoms with Crippen LogP contribution in [0.2, 0.25) is 0 Å². The van der Waals surface area contributed by atoms with Gasteiger partial charge in [-0.1, -0.05) is 18.2 Å². The lowest BCUT2D eigenvalue weighted by molar-refractivity contribution is -0.385. The fourth-order valence-corrected chi connectivity index (χ4v) is 2.76. The van der Waals surface area contributed by atoms with E-state index in [-0.39, 0.29) is 17.1 Å². The number of nitro benzene ring substituents is 1. The van der Waals surface area contributed by atoms with Crippen molar-refractivity contribution in [3.8, 4) is 11.6 Å². The van der Waals surface area contributed by atoms with Gasteiger partial charge in [0, 0.05) is 23.4 Å². The van der Waals surface area contributed by atoms with Crippen molar-refractivity contribution >= 4 is 17.3 Å². The monoisotopic (exact) mass is 377 g/mol. The van der Waals surface area contributed by atoms with E-state index in [0.29, 0.717) is 17.0 Å². The van der Waals surface area contributed by atoms with E-state index in [9.17, 15) is 14.9 Å². The number of nitro groups is 1. The molecule has 3 aromatic rings. The largest absolute Gasteiger partial charge is 0.437 e. The Morgan fingerprint density at radius 1 is 1.04 bits per heavy atom. The molecule has 142 valence electrons. The zero-order valence-corrected chi connectivity index (χ0v) is 15.7. The number of anilines is 1. The zero-order chi connectivity index (χ0) is 20.3. The van der Waals surface area contributed by atoms with Gasteiger partial charge in [-0.3, -0.25) is 14.9 Å². The van der Waals surface area contributed by atoms with Crippen molar-refractivity contribution in [1.82, 2.24) is 4.98 Å². The summed E-state index contributed by atoms with van der Waals surface area (Å²) in [6.45, 7) is 5.47. The van der Waals surface area contributed by atoms with Gasteiger partial charge in [-0.2, -0.15) is 0 Å². The molecule has 3 rings (SSSR count). The van der Waals surface area contributed by atoms with E-state index >= 15 is 0 Å². The molecule has 0 saturated carbocycles. The van der Waals surface area contributed by atoms with Gasteiger partial charge in [0.1, 0.15) is 11.4 Å². The summed E-state index contributed by atoms with van der Waals surface area (Å²) >= 11 is 0. The Hall–Kier alpha value is -3.74. The molecule has 0 unspecified atom stereocenters. The van der Waals surface area contributed by atoms with Crippen LogP contribution in [0.3, 0.4) is 0 Å². The van der Waals surface area contributed by atoms with Crippen molar-refractivity contribution in [3.05, 3.63) is 87.1 Å². The number of ether oxygens (including phenoxy) is 1. The van der Waals surface area contributed by atoms with Crippen molar-refractivity contribution in [2.24, 2.45) is 0 Å². The molecule has 0 atom stereocenters. The van der Waals surface area contributed by atoms with Gasteiger partial charge in [0.25, 0.3) is 11.6 Å². The Kier molecular flexibility index (Phi) is 5.35. The second-order valence-corrected chi connectivity index (χ2v) is 6.32. The Labute approximate surface area is 162 Å². The minimum Gasteiger partial charge on any atom is -0.437 e. The van der Waals surface area contributed by atoms with Gasteiger partial charge in [0.2, 0.25) is 5.88 Å². The number of hydrogen-bond acceptors (Lipinski definition) is 5. The van der Waals surface area contributed by atoms with Crippen LogP contribution in [0.15, 0.2) is 54.7 Å². The lowest BCUT2D eigenvalue weighted by Crippen LogP contribution is -2.15. The van der Waals surface area contributed by atoms with E-state index in [1.165, 1.54) is 12.1 Å². The minimum absolute atomic E-state index is 0.106. The van der Waals surface area contributed by atoms with E-state index in [0.717, 1.165) is 11.1 Å². The number of nitrogens with zero attached hydrogens (tertiary/aromatic N) is 2. The second-order valence-electron chi connectivity index (χ2n) is 6.32. The van der Waals surface area contributed by atoms with Crippen LogP contribution in [-0.4, -0.2) is 15.8 Å². The van der Waals surface area contributed by atoms with Crippen LogP contribution in [0, 0.1) is 30.9 Å². The van der Waals surface area contributed by atoms with Gasteiger partial charge < -0.3 is 10.1 Å². The smallest absolute Gasteiger partial charge is 0.273 e. The maximum atomic E-state index is 12.7. The maximum absolute atomic E-state index is 12.7. The van der Waals surface area contributed by atoms with Crippen LogP contribution in [0.25, 0.3) is 0 Å². The lowest BCUT2D eigenvalue weighted by Gasteiger charge is -2.14. The third kappa shape index (κ3) is 3.83. The number of aryl methyl sites for hydroxylation is 1. The van der Waals surface area contributed by atoms with Crippen LogP contribution in [0.5, 0.6) is 11.6 Å². The van der Waals surface area contributed by atoms with Gasteiger partial charge >= 0.3 is 0 Å². The second kappa shape index (κ2) is 7.87. The quantitative estimate of drug-likeness (QED) is 0.501. The third-order valence-electron chi connectivity index (χ3n) is 4.53. The number of hydrogen-bond donors (Lipinski definition) is 1. The Morgan fingerprint density at radius 2 is 1.79 bits per heavy atom. The summed E-state index contributed by atoms with van der Waals surface area (Å²) in [6, 6.07) is 13.4. The highest BCUT2D eigenvalue weighted by atomic mass is 16.6. The van der Waals surface area contributed by atoms with Crippen molar-refractivity contribution in [3.63, 3.8) is 0 Å². The highest BCUT2D eigenvalue weighted by Gasteiger charge is 2.19. The van der Waals surface area contributed by atoms with Crippen LogP contribution in [0.1, 0.15) is 27.0 Å². The normalized spacial score (nSPS) is 10.4. The SMILES string of the molecule is Cc1cccc(Oc2ncccc2NC(=O)c2cccc([N+](=O)[O-])c2C)c1C. The Balaban J connectivity index is 1.90. The van der Waals surface area contributed by atoms with Crippen LogP contribution >= 0.6 is 0 Å². The molecule has 0 aliphatic heterocycles. The molecule has 1 amide bonds. The maximum Gasteiger partial charge on any atom is 0.273 e. The van der Waals surface area contributed by atoms with Crippen molar-refractivity contribution in [2.75, 3.05) is 5.32 Å². The van der Waals surface area contributed by atoms with E-state index < -0.39 is 10.8 Å². The molecule has 0 spiro atoms. The standard InChI is InChI=1S/C21H19N3O4/c1-13-7-4-11-19(14(13)2)28-21-17(9-6-12-22-21)23-20(25)16-8-5-10-18(15(16)3)24(26)27/h4-12H,1-3H3,(H,23,25). The fourth-order valence-electron chi connectivity index (χ4n) is 2.76. The summed E-state index contributed by atoms with van der Waals surface area (Å²) in [4.78, 5) is 27.5. The molecule has 1 aromatic heterocycles. The number of nitrogens with one attached hydrogen (secondary N) is 1. The topological polar surface area (TPSA) is 94.4 Å². The van der Waals surface area contributed by atoms with Crippen molar-refractivity contribution in [2.45, 2.75) is 20.8 Å². The number of pyridine rings is 1. The molecule has 0 aliphatic rings. The Bertz CT molecular complexity index is 1060. The first kappa shape index (κ1) is 19.0. The molecule has 7 nitrogen and oxygen atoms in total. The van der Waals surface area contributed by atoms with Crippen molar-refractivity contribution < 1.29 is 14.5 Å². The Morgan fingerprint density at radius 3 is 2.54 bits per heavy atom. The molecule has 0 aliphatic carbocycles. The molecule has 0 saturated heterocycles. The van der Waals surface area contributed by atoms with Gasteiger partial charge in [0.15, 0.2) is 0 Å². The van der Waals surface area contributed by atoms with Crippen LogP contribution in [-0.2, 0) is 0 Å². The molecular formula is C21H19N3O4. The van der Waals surface area contributed by atoms with Gasteiger partial charge in [0.05, 0.1) is 4.92 Å². The molecule has 0 radical (unpaired) electrons. The number of carbonyl (C=O) groups is 1. The summed E-state index contributed by atoms with van der Waals surface area (Å²) in [5.41, 5.74) is 2.83. The molecule has 1 N–H and O–H groups in total. The van der Waals surface area contributed by atoms with E-state index in [2.05, 4.69) is 10.3 Å². The number of benzene rings is 2. The average molecular weight is 377 g/mol. The van der Waals surface area contributed by atoms with E-state index in [1.54, 1.807) is 31.3 Å². The fraction of sp³-hybridized carbons (Fsp3) is 0.143. The highest BCUT2D eigenvalue weighted by Crippen LogP contribution is 2.31. The van der Waals surface area contributed by atoms with Crippen LogP contribution < -0.4 is 10.1 Å². The third-order valence-corrected chi connectivity index (χ3v) is 4.53. The zero-order valence-electron chi connectivity index (χ0n) is 15.7. The van der Waals surface area contributed by atoms with E-state index in [4.69, 9.17) is 4.74 Å². The summed E-state index contributed by atoms with van der Waals surface area (Å²) in [6.07, 6.45) is 1.56. The molecular weight excluding hydrogens is 358 g/mol. The summed E-state index contributed by atoms with van der Waals surface area (Å²) in [5, 5.41) is 13.9.